The Morgan fingerprint density at radius 3 is 1.10 bits per heavy atom. The van der Waals surface area contributed by atoms with E-state index in [9.17, 15) is 0 Å². The van der Waals surface area contributed by atoms with Gasteiger partial charge in [-0.15, -0.1) is 4.08 Å². The Labute approximate surface area is 464 Å². The number of nitrogens with zero attached hydrogens (tertiary/aromatic N) is 2. The van der Waals surface area contributed by atoms with Crippen molar-refractivity contribution in [3.63, 3.8) is 0 Å². The SMILES string of the molecule is Cc1ccc(S(=O)(=O)N(C2CCC(C(C)(C)N(P3Oc4ccc5ccccc5c4Cc4c(ccc5ccccc45)O3)S(=O)(=O)c3ccc(C)cc3)CC2)P2Oc3ccc4ccccc4c3Cc3c(ccc4ccccc34)O2)cc1. The molecule has 1 aliphatic carbocycles. The van der Waals surface area contributed by atoms with Crippen molar-refractivity contribution in [3.8, 4) is 23.0 Å². The first-order valence-electron chi connectivity index (χ1n) is 26.8. The van der Waals surface area contributed by atoms with E-state index in [0.29, 0.717) is 61.5 Å². The van der Waals surface area contributed by atoms with Crippen LogP contribution in [0.3, 0.4) is 0 Å². The van der Waals surface area contributed by atoms with Gasteiger partial charge in [0.05, 0.1) is 9.79 Å². The standard InChI is InChI=1S/C65H58N2O8P2S2/c1-43-21-33-51(34-22-43)78(68,69)66(76-72-61-37-25-45-13-5-9-17-53(45)57(61)41-58-54-18-10-6-14-46(54)26-38-62(58)73-76)50-31-29-49(30-32-50)65(3,4)67(79(70,71)52-35-23-44(2)24-36-52)77-74-63-39-27-47-15-7-11-19-55(47)59(63)42-60-56-20-12-8-16-48(56)28-40-64(60)75-77/h5-28,33-40,49-50H,29-32,41-42H2,1-4H3. The Hall–Kier alpha value is -6.88. The first-order chi connectivity index (χ1) is 38.2. The topological polar surface area (TPSA) is 112 Å². The molecule has 0 amide bonds. The van der Waals surface area contributed by atoms with Gasteiger partial charge in [0.2, 0.25) is 0 Å². The van der Waals surface area contributed by atoms with Gasteiger partial charge in [0.15, 0.2) is 0 Å². The maximum absolute atomic E-state index is 15.9. The highest BCUT2D eigenvalue weighted by Gasteiger charge is 2.53. The summed E-state index contributed by atoms with van der Waals surface area (Å²) >= 11 is 0. The molecule has 3 aliphatic rings. The van der Waals surface area contributed by atoms with Gasteiger partial charge in [0.25, 0.3) is 20.0 Å². The van der Waals surface area contributed by atoms with E-state index in [-0.39, 0.29) is 15.7 Å². The summed E-state index contributed by atoms with van der Waals surface area (Å²) in [7, 11) is -13.5. The van der Waals surface area contributed by atoms with Gasteiger partial charge in [0.1, 0.15) is 23.0 Å². The predicted octanol–water partition coefficient (Wildman–Crippen LogP) is 16.5. The fraction of sp³-hybridized carbons (Fsp3) is 0.200. The molecule has 0 spiro atoms. The van der Waals surface area contributed by atoms with Crippen LogP contribution in [0.1, 0.15) is 72.9 Å². The molecule has 0 aromatic heterocycles. The van der Waals surface area contributed by atoms with Gasteiger partial charge >= 0.3 is 17.1 Å². The molecule has 0 bridgehead atoms. The maximum atomic E-state index is 15.9. The first kappa shape index (κ1) is 51.6. The van der Waals surface area contributed by atoms with E-state index in [1.165, 1.54) is 8.15 Å². The van der Waals surface area contributed by atoms with Crippen molar-refractivity contribution < 1.29 is 34.9 Å². The highest BCUT2D eigenvalue weighted by Crippen LogP contribution is 2.59. The Balaban J connectivity index is 0.914. The monoisotopic (exact) mass is 1120 g/mol. The average Bonchev–Trinajstić information content (AvgIpc) is 3.64. The van der Waals surface area contributed by atoms with Gasteiger partial charge < -0.3 is 18.1 Å². The normalized spacial score (nSPS) is 17.3. The third-order valence-electron chi connectivity index (χ3n) is 16.3. The lowest BCUT2D eigenvalue weighted by atomic mass is 9.76. The summed E-state index contributed by atoms with van der Waals surface area (Å²) in [6, 6.07) is 61.9. The van der Waals surface area contributed by atoms with Crippen LogP contribution in [0.2, 0.25) is 0 Å². The molecule has 10 nitrogen and oxygen atoms in total. The minimum absolute atomic E-state index is 0.118. The zero-order valence-corrected chi connectivity index (χ0v) is 47.7. The van der Waals surface area contributed by atoms with E-state index >= 15 is 16.8 Å². The number of fused-ring (bicyclic) bond motifs is 12. The molecule has 0 saturated heterocycles. The van der Waals surface area contributed by atoms with Crippen LogP contribution >= 0.6 is 17.1 Å². The summed E-state index contributed by atoms with van der Waals surface area (Å²) in [5.41, 5.74) is 4.48. The minimum Gasteiger partial charge on any atom is -0.426 e. The van der Waals surface area contributed by atoms with Crippen LogP contribution in [0.15, 0.2) is 204 Å². The number of hydrogen-bond donors (Lipinski definition) is 0. The van der Waals surface area contributed by atoms with E-state index in [1.54, 1.807) is 24.3 Å². The van der Waals surface area contributed by atoms with E-state index < -0.39 is 48.7 Å². The smallest absolute Gasteiger partial charge is 0.400 e. The van der Waals surface area contributed by atoms with Crippen LogP contribution in [0, 0.1) is 19.8 Å². The summed E-state index contributed by atoms with van der Waals surface area (Å²) < 4.78 is 94.5. The van der Waals surface area contributed by atoms with Gasteiger partial charge in [-0.05, 0) is 151 Å². The van der Waals surface area contributed by atoms with Crippen molar-refractivity contribution >= 4 is 80.2 Å². The quantitative estimate of drug-likeness (QED) is 0.131. The van der Waals surface area contributed by atoms with Gasteiger partial charge in [-0.2, -0.15) is 0 Å². The van der Waals surface area contributed by atoms with Gasteiger partial charge in [0, 0.05) is 46.7 Å². The first-order valence-corrected chi connectivity index (χ1v) is 31.9. The fourth-order valence-electron chi connectivity index (χ4n) is 12.0. The van der Waals surface area contributed by atoms with Crippen molar-refractivity contribution in [2.75, 3.05) is 0 Å². The number of aryl methyl sites for hydroxylation is 2. The molecule has 0 unspecified atom stereocenters. The van der Waals surface area contributed by atoms with Crippen LogP contribution in [-0.2, 0) is 32.9 Å². The Kier molecular flexibility index (Phi) is 13.3. The highest BCUT2D eigenvalue weighted by atomic mass is 32.2. The van der Waals surface area contributed by atoms with Crippen LogP contribution in [-0.4, -0.2) is 36.6 Å². The number of sulfonamides is 2. The van der Waals surface area contributed by atoms with Gasteiger partial charge in [-0.1, -0.05) is 161 Å². The minimum atomic E-state index is -4.38. The summed E-state index contributed by atoms with van der Waals surface area (Å²) in [4.78, 5) is 0.250. The Morgan fingerprint density at radius 1 is 0.405 bits per heavy atom. The zero-order chi connectivity index (χ0) is 54.2. The third-order valence-corrected chi connectivity index (χ3v) is 24.7. The van der Waals surface area contributed by atoms with E-state index in [1.807, 2.05) is 149 Å². The Bertz CT molecular complexity index is 4070. The predicted molar refractivity (Wildman–Crippen MR) is 318 cm³/mol. The van der Waals surface area contributed by atoms with Gasteiger partial charge in [-0.3, -0.25) is 0 Å². The molecule has 0 N–H and O–H groups in total. The molecule has 79 heavy (non-hydrogen) atoms. The second kappa shape index (κ2) is 20.3. The Morgan fingerprint density at radius 2 is 0.734 bits per heavy atom. The summed E-state index contributed by atoms with van der Waals surface area (Å²) in [5, 5.41) is 8.25. The fourth-order valence-corrected chi connectivity index (χ4v) is 20.0. The molecule has 1 saturated carbocycles. The largest absolute Gasteiger partial charge is 0.426 e. The van der Waals surface area contributed by atoms with Crippen LogP contribution in [0.5, 0.6) is 23.0 Å². The lowest BCUT2D eigenvalue weighted by Gasteiger charge is -2.47. The van der Waals surface area contributed by atoms with Crippen molar-refractivity contribution in [2.45, 2.75) is 87.6 Å². The average molecular weight is 1120 g/mol. The molecule has 0 radical (unpaired) electrons. The van der Waals surface area contributed by atoms with Crippen molar-refractivity contribution in [1.82, 2.24) is 8.15 Å². The third kappa shape index (κ3) is 9.30. The van der Waals surface area contributed by atoms with Gasteiger partial charge in [-0.25, -0.2) is 16.8 Å². The molecule has 2 aliphatic heterocycles. The van der Waals surface area contributed by atoms with Crippen LogP contribution in [0.4, 0.5) is 0 Å². The van der Waals surface area contributed by atoms with E-state index in [2.05, 4.69) is 48.5 Å². The summed E-state index contributed by atoms with van der Waals surface area (Å²) in [6.07, 6.45) is 2.66. The van der Waals surface area contributed by atoms with E-state index in [4.69, 9.17) is 18.1 Å². The van der Waals surface area contributed by atoms with Crippen LogP contribution < -0.4 is 18.1 Å². The lowest BCUT2D eigenvalue weighted by Crippen LogP contribution is -2.52. The maximum Gasteiger partial charge on any atom is 0.400 e. The molecule has 13 rings (SSSR count). The lowest BCUT2D eigenvalue weighted by molar-refractivity contribution is 0.135. The summed E-state index contributed by atoms with van der Waals surface area (Å²) in [5.74, 6) is 1.92. The molecular formula is C65H58N2O8P2S2. The molecule has 10 aromatic rings. The van der Waals surface area contributed by atoms with Crippen molar-refractivity contribution in [2.24, 2.45) is 5.92 Å². The van der Waals surface area contributed by atoms with E-state index in [0.717, 1.165) is 76.5 Å². The highest BCUT2D eigenvalue weighted by molar-refractivity contribution is 7.94. The van der Waals surface area contributed by atoms with Crippen molar-refractivity contribution in [1.29, 1.82) is 0 Å². The molecule has 10 aromatic carbocycles. The molecule has 2 heterocycles. The molecule has 398 valence electrons. The number of hydrogen-bond acceptors (Lipinski definition) is 8. The van der Waals surface area contributed by atoms with Crippen molar-refractivity contribution in [3.05, 3.63) is 228 Å². The molecule has 1 fully saturated rings. The second-order valence-corrected chi connectivity index (χ2v) is 28.2. The van der Waals surface area contributed by atoms with Crippen LogP contribution in [0.25, 0.3) is 43.1 Å². The number of rotatable bonds is 9. The number of benzene rings is 10. The summed E-state index contributed by atoms with van der Waals surface area (Å²) in [6.45, 7) is 7.80. The zero-order valence-electron chi connectivity index (χ0n) is 44.2. The molecular weight excluding hydrogens is 1060 g/mol. The second-order valence-electron chi connectivity index (χ2n) is 21.6. The molecule has 0 atom stereocenters. The molecule has 14 heteroatoms.